The van der Waals surface area contributed by atoms with Crippen LogP contribution in [0.25, 0.3) is 16.7 Å². The van der Waals surface area contributed by atoms with E-state index in [-0.39, 0.29) is 12.5 Å². The van der Waals surface area contributed by atoms with Crippen molar-refractivity contribution in [3.8, 4) is 17.2 Å². The lowest BCUT2D eigenvalue weighted by Crippen LogP contribution is -2.32. The van der Waals surface area contributed by atoms with Gasteiger partial charge >= 0.3 is 0 Å². The molecule has 7 heteroatoms. The van der Waals surface area contributed by atoms with E-state index in [9.17, 15) is 4.79 Å². The maximum Gasteiger partial charge on any atom is 0.258 e. The van der Waals surface area contributed by atoms with Gasteiger partial charge < -0.3 is 14.8 Å². The molecule has 0 saturated heterocycles. The Bertz CT molecular complexity index is 1110. The van der Waals surface area contributed by atoms with Crippen molar-refractivity contribution < 1.29 is 14.3 Å². The molecule has 1 N–H and O–H groups in total. The molecule has 0 bridgehead atoms. The third-order valence-electron chi connectivity index (χ3n) is 4.41. The predicted molar refractivity (Wildman–Crippen MR) is 114 cm³/mol. The van der Waals surface area contributed by atoms with Crippen LogP contribution in [0.4, 0.5) is 0 Å². The zero-order chi connectivity index (χ0) is 20.8. The molecule has 0 atom stereocenters. The summed E-state index contributed by atoms with van der Waals surface area (Å²) >= 11 is 0. The standard InChI is InChI=1S/C23H22N4O3/c1-17-11-12-22(21(15-17)27-25-19-9-5-6-10-20(19)26-27)30-16-23(28)24-13-14-29-18-7-3-2-4-8-18/h2-12,15H,13-14,16H2,1H3,(H,24,28). The number of hydrogen-bond acceptors (Lipinski definition) is 5. The van der Waals surface area contributed by atoms with E-state index in [2.05, 4.69) is 15.5 Å². The lowest BCUT2D eigenvalue weighted by molar-refractivity contribution is -0.123. The van der Waals surface area contributed by atoms with E-state index in [1.807, 2.05) is 79.7 Å². The van der Waals surface area contributed by atoms with Crippen molar-refractivity contribution in [1.29, 1.82) is 0 Å². The molecule has 3 aromatic carbocycles. The highest BCUT2D eigenvalue weighted by Crippen LogP contribution is 2.24. The van der Waals surface area contributed by atoms with Gasteiger partial charge in [0.15, 0.2) is 6.61 Å². The average Bonchev–Trinajstić information content (AvgIpc) is 3.21. The Morgan fingerprint density at radius 1 is 0.933 bits per heavy atom. The molecule has 0 spiro atoms. The number of carbonyl (C=O) groups is 1. The summed E-state index contributed by atoms with van der Waals surface area (Å²) < 4.78 is 11.3. The summed E-state index contributed by atoms with van der Waals surface area (Å²) in [6, 6.07) is 22.8. The fraction of sp³-hybridized carbons (Fsp3) is 0.174. The Hall–Kier alpha value is -3.87. The predicted octanol–water partition coefficient (Wildman–Crippen LogP) is 3.30. The number of rotatable bonds is 8. The molecule has 1 heterocycles. The van der Waals surface area contributed by atoms with Crippen LogP contribution in [0.3, 0.4) is 0 Å². The highest BCUT2D eigenvalue weighted by atomic mass is 16.5. The van der Waals surface area contributed by atoms with E-state index in [0.717, 1.165) is 22.3 Å². The molecule has 0 aliphatic carbocycles. The Morgan fingerprint density at radius 2 is 1.63 bits per heavy atom. The number of nitrogens with zero attached hydrogens (tertiary/aromatic N) is 3. The lowest BCUT2D eigenvalue weighted by Gasteiger charge is -2.12. The number of aryl methyl sites for hydroxylation is 1. The van der Waals surface area contributed by atoms with Gasteiger partial charge in [-0.15, -0.1) is 15.0 Å². The van der Waals surface area contributed by atoms with Crippen LogP contribution in [0.15, 0.2) is 72.8 Å². The molecule has 30 heavy (non-hydrogen) atoms. The SMILES string of the molecule is Cc1ccc(OCC(=O)NCCOc2ccccc2)c(-n2nc3ccccc3n2)c1. The van der Waals surface area contributed by atoms with Crippen molar-refractivity contribution in [3.63, 3.8) is 0 Å². The van der Waals surface area contributed by atoms with Gasteiger partial charge in [0.2, 0.25) is 0 Å². The van der Waals surface area contributed by atoms with Crippen LogP contribution in [0, 0.1) is 6.92 Å². The Kier molecular flexibility index (Phi) is 5.89. The van der Waals surface area contributed by atoms with Gasteiger partial charge in [0.1, 0.15) is 34.8 Å². The molecular formula is C23H22N4O3. The summed E-state index contributed by atoms with van der Waals surface area (Å²) in [7, 11) is 0. The minimum absolute atomic E-state index is 0.109. The summed E-state index contributed by atoms with van der Waals surface area (Å²) in [5.41, 5.74) is 3.31. The lowest BCUT2D eigenvalue weighted by atomic mass is 10.2. The zero-order valence-electron chi connectivity index (χ0n) is 16.6. The number of amides is 1. The van der Waals surface area contributed by atoms with Crippen LogP contribution in [0.2, 0.25) is 0 Å². The first-order valence-corrected chi connectivity index (χ1v) is 9.69. The number of aromatic nitrogens is 3. The normalized spacial score (nSPS) is 10.7. The first kappa shape index (κ1) is 19.4. The van der Waals surface area contributed by atoms with Crippen LogP contribution in [0.1, 0.15) is 5.56 Å². The molecule has 7 nitrogen and oxygen atoms in total. The molecule has 0 saturated carbocycles. The smallest absolute Gasteiger partial charge is 0.258 e. The second-order valence-electron chi connectivity index (χ2n) is 6.75. The number of benzene rings is 3. The molecule has 152 valence electrons. The summed E-state index contributed by atoms with van der Waals surface area (Å²) in [6.07, 6.45) is 0. The molecule has 0 radical (unpaired) electrons. The molecule has 1 aromatic heterocycles. The van der Waals surface area contributed by atoms with Crippen LogP contribution in [-0.4, -0.2) is 40.7 Å². The molecular weight excluding hydrogens is 380 g/mol. The van der Waals surface area contributed by atoms with E-state index < -0.39 is 0 Å². The summed E-state index contributed by atoms with van der Waals surface area (Å²) in [5, 5.41) is 11.8. The Balaban J connectivity index is 1.36. The third kappa shape index (κ3) is 4.75. The van der Waals surface area contributed by atoms with Crippen LogP contribution in [0.5, 0.6) is 11.5 Å². The zero-order valence-corrected chi connectivity index (χ0v) is 16.6. The third-order valence-corrected chi connectivity index (χ3v) is 4.41. The van der Waals surface area contributed by atoms with Crippen molar-refractivity contribution in [1.82, 2.24) is 20.3 Å². The fourth-order valence-electron chi connectivity index (χ4n) is 2.94. The van der Waals surface area contributed by atoms with Gasteiger partial charge in [0, 0.05) is 0 Å². The molecule has 0 fully saturated rings. The van der Waals surface area contributed by atoms with E-state index in [1.54, 1.807) is 4.80 Å². The van der Waals surface area contributed by atoms with Gasteiger partial charge in [0.25, 0.3) is 5.91 Å². The highest BCUT2D eigenvalue weighted by Gasteiger charge is 2.12. The molecule has 0 unspecified atom stereocenters. The first-order valence-electron chi connectivity index (χ1n) is 9.69. The molecule has 4 rings (SSSR count). The van der Waals surface area contributed by atoms with E-state index >= 15 is 0 Å². The molecule has 1 amide bonds. The maximum atomic E-state index is 12.2. The number of carbonyl (C=O) groups excluding carboxylic acids is 1. The van der Waals surface area contributed by atoms with Gasteiger partial charge in [-0.05, 0) is 48.9 Å². The largest absolute Gasteiger partial charge is 0.492 e. The van der Waals surface area contributed by atoms with Crippen molar-refractivity contribution >= 4 is 16.9 Å². The van der Waals surface area contributed by atoms with E-state index in [0.29, 0.717) is 24.6 Å². The summed E-state index contributed by atoms with van der Waals surface area (Å²) in [6.45, 7) is 2.65. The second kappa shape index (κ2) is 9.09. The van der Waals surface area contributed by atoms with Crippen LogP contribution in [-0.2, 0) is 4.79 Å². The monoisotopic (exact) mass is 402 g/mol. The van der Waals surface area contributed by atoms with Crippen LogP contribution < -0.4 is 14.8 Å². The second-order valence-corrected chi connectivity index (χ2v) is 6.75. The summed E-state index contributed by atoms with van der Waals surface area (Å²) in [4.78, 5) is 13.7. The average molecular weight is 402 g/mol. The Morgan fingerprint density at radius 3 is 2.37 bits per heavy atom. The van der Waals surface area contributed by atoms with Crippen molar-refractivity contribution in [3.05, 3.63) is 78.4 Å². The number of nitrogens with one attached hydrogen (secondary N) is 1. The maximum absolute atomic E-state index is 12.2. The van der Waals surface area contributed by atoms with E-state index in [1.165, 1.54) is 0 Å². The van der Waals surface area contributed by atoms with Gasteiger partial charge in [-0.2, -0.15) is 0 Å². The molecule has 0 aliphatic rings. The number of ether oxygens (including phenoxy) is 2. The highest BCUT2D eigenvalue weighted by molar-refractivity contribution is 5.77. The molecule has 4 aromatic rings. The Labute approximate surface area is 174 Å². The van der Waals surface area contributed by atoms with Gasteiger partial charge in [-0.3, -0.25) is 4.79 Å². The van der Waals surface area contributed by atoms with Crippen LogP contribution >= 0.6 is 0 Å². The van der Waals surface area contributed by atoms with Crippen molar-refractivity contribution in [2.75, 3.05) is 19.8 Å². The molecule has 0 aliphatic heterocycles. The van der Waals surface area contributed by atoms with Gasteiger partial charge in [-0.1, -0.05) is 36.4 Å². The number of para-hydroxylation sites is 1. The number of fused-ring (bicyclic) bond motifs is 1. The minimum Gasteiger partial charge on any atom is -0.492 e. The topological polar surface area (TPSA) is 78.3 Å². The number of hydrogen-bond donors (Lipinski definition) is 1. The summed E-state index contributed by atoms with van der Waals surface area (Å²) in [5.74, 6) is 1.08. The van der Waals surface area contributed by atoms with Gasteiger partial charge in [0.05, 0.1) is 6.54 Å². The quantitative estimate of drug-likeness (QED) is 0.458. The van der Waals surface area contributed by atoms with Crippen molar-refractivity contribution in [2.24, 2.45) is 0 Å². The van der Waals surface area contributed by atoms with Gasteiger partial charge in [-0.25, -0.2) is 0 Å². The fourth-order valence-corrected chi connectivity index (χ4v) is 2.94. The first-order chi connectivity index (χ1) is 14.7. The minimum atomic E-state index is -0.225. The van der Waals surface area contributed by atoms with Crippen molar-refractivity contribution in [2.45, 2.75) is 6.92 Å². The van der Waals surface area contributed by atoms with E-state index in [4.69, 9.17) is 9.47 Å².